The van der Waals surface area contributed by atoms with E-state index in [2.05, 4.69) is 15.6 Å². The molecule has 0 fully saturated rings. The van der Waals surface area contributed by atoms with Crippen LogP contribution in [0.1, 0.15) is 32.3 Å². The van der Waals surface area contributed by atoms with Gasteiger partial charge in [-0.1, -0.05) is 12.1 Å². The van der Waals surface area contributed by atoms with Crippen molar-refractivity contribution < 1.29 is 14.2 Å². The topological polar surface area (TPSA) is 64.1 Å². The smallest absolute Gasteiger partial charge is 0.191 e. The molecule has 1 rings (SSSR count). The van der Waals surface area contributed by atoms with Gasteiger partial charge in [0.2, 0.25) is 0 Å². The van der Waals surface area contributed by atoms with Gasteiger partial charge in [0.15, 0.2) is 5.96 Å². The second kappa shape index (κ2) is 17.4. The molecule has 26 heavy (non-hydrogen) atoms. The Bertz CT molecular complexity index is 454. The third kappa shape index (κ3) is 12.3. The minimum atomic E-state index is 0. The SMILES string of the molecule is CCOCCCNC(=NCc1ccc(OC)cc1)NCCCOCC.I. The Labute approximate surface area is 175 Å². The highest BCUT2D eigenvalue weighted by Gasteiger charge is 2.00. The number of guanidine groups is 1. The summed E-state index contributed by atoms with van der Waals surface area (Å²) in [5.74, 6) is 1.68. The van der Waals surface area contributed by atoms with Crippen LogP contribution in [0.5, 0.6) is 5.75 Å². The lowest BCUT2D eigenvalue weighted by Gasteiger charge is -2.13. The van der Waals surface area contributed by atoms with Crippen LogP contribution in [0.15, 0.2) is 29.3 Å². The molecule has 0 aliphatic carbocycles. The lowest BCUT2D eigenvalue weighted by molar-refractivity contribution is 0.145. The summed E-state index contributed by atoms with van der Waals surface area (Å²) < 4.78 is 15.9. The lowest BCUT2D eigenvalue weighted by Crippen LogP contribution is -2.39. The Kier molecular flexibility index (Phi) is 16.7. The fourth-order valence-electron chi connectivity index (χ4n) is 2.13. The van der Waals surface area contributed by atoms with E-state index in [-0.39, 0.29) is 24.0 Å². The average molecular weight is 479 g/mol. The normalized spacial score (nSPS) is 9.96. The predicted molar refractivity (Wildman–Crippen MR) is 118 cm³/mol. The molecule has 7 heteroatoms. The summed E-state index contributed by atoms with van der Waals surface area (Å²) in [6, 6.07) is 7.97. The second-order valence-electron chi connectivity index (χ2n) is 5.47. The maximum atomic E-state index is 5.36. The monoisotopic (exact) mass is 479 g/mol. The van der Waals surface area contributed by atoms with Gasteiger partial charge in [-0.2, -0.15) is 0 Å². The van der Waals surface area contributed by atoms with Gasteiger partial charge in [0, 0.05) is 39.5 Å². The van der Waals surface area contributed by atoms with E-state index in [0.29, 0.717) is 6.54 Å². The molecule has 0 spiro atoms. The summed E-state index contributed by atoms with van der Waals surface area (Å²) in [6.45, 7) is 9.35. The number of aliphatic imine (C=N–C) groups is 1. The Balaban J connectivity index is 0.00000625. The largest absolute Gasteiger partial charge is 0.497 e. The van der Waals surface area contributed by atoms with Crippen molar-refractivity contribution in [3.05, 3.63) is 29.8 Å². The summed E-state index contributed by atoms with van der Waals surface area (Å²) in [4.78, 5) is 4.66. The van der Waals surface area contributed by atoms with E-state index in [0.717, 1.165) is 69.6 Å². The highest BCUT2D eigenvalue weighted by atomic mass is 127. The molecule has 0 aliphatic heterocycles. The molecule has 0 aromatic heterocycles. The third-order valence-corrected chi connectivity index (χ3v) is 3.50. The van der Waals surface area contributed by atoms with Crippen molar-refractivity contribution in [3.8, 4) is 5.75 Å². The summed E-state index contributed by atoms with van der Waals surface area (Å²) in [5, 5.41) is 6.71. The molecule has 150 valence electrons. The Morgan fingerprint density at radius 3 is 1.92 bits per heavy atom. The van der Waals surface area contributed by atoms with Crippen molar-refractivity contribution in [2.24, 2.45) is 4.99 Å². The summed E-state index contributed by atoms with van der Waals surface area (Å²) in [7, 11) is 1.67. The van der Waals surface area contributed by atoms with Crippen LogP contribution in [0.25, 0.3) is 0 Å². The van der Waals surface area contributed by atoms with E-state index in [9.17, 15) is 0 Å². The van der Waals surface area contributed by atoms with Gasteiger partial charge in [-0.15, -0.1) is 24.0 Å². The maximum absolute atomic E-state index is 5.36. The van der Waals surface area contributed by atoms with Crippen LogP contribution in [-0.2, 0) is 16.0 Å². The first-order chi connectivity index (χ1) is 12.3. The molecular formula is C19H34IN3O3. The van der Waals surface area contributed by atoms with Crippen molar-refractivity contribution in [2.45, 2.75) is 33.2 Å². The van der Waals surface area contributed by atoms with Gasteiger partial charge in [-0.3, -0.25) is 0 Å². The Morgan fingerprint density at radius 1 is 0.923 bits per heavy atom. The first-order valence-electron chi connectivity index (χ1n) is 9.10. The van der Waals surface area contributed by atoms with E-state index in [1.165, 1.54) is 0 Å². The molecule has 0 atom stereocenters. The zero-order valence-electron chi connectivity index (χ0n) is 16.3. The van der Waals surface area contributed by atoms with Gasteiger partial charge < -0.3 is 24.8 Å². The van der Waals surface area contributed by atoms with Crippen LogP contribution in [0.2, 0.25) is 0 Å². The zero-order valence-corrected chi connectivity index (χ0v) is 18.6. The van der Waals surface area contributed by atoms with Crippen LogP contribution in [0.4, 0.5) is 0 Å². The summed E-state index contributed by atoms with van der Waals surface area (Å²) >= 11 is 0. The van der Waals surface area contributed by atoms with Crippen LogP contribution in [0.3, 0.4) is 0 Å². The molecule has 0 radical (unpaired) electrons. The average Bonchev–Trinajstić information content (AvgIpc) is 2.65. The van der Waals surface area contributed by atoms with E-state index >= 15 is 0 Å². The van der Waals surface area contributed by atoms with Crippen LogP contribution < -0.4 is 15.4 Å². The lowest BCUT2D eigenvalue weighted by atomic mass is 10.2. The van der Waals surface area contributed by atoms with Gasteiger partial charge in [-0.05, 0) is 44.4 Å². The number of nitrogens with one attached hydrogen (secondary N) is 2. The van der Waals surface area contributed by atoms with E-state index < -0.39 is 0 Å². The summed E-state index contributed by atoms with van der Waals surface area (Å²) in [5.41, 5.74) is 1.14. The van der Waals surface area contributed by atoms with E-state index in [1.807, 2.05) is 38.1 Å². The predicted octanol–water partition coefficient (Wildman–Crippen LogP) is 3.20. The molecule has 0 saturated carbocycles. The van der Waals surface area contributed by atoms with Crippen LogP contribution in [0, 0.1) is 0 Å². The number of nitrogens with zero attached hydrogens (tertiary/aromatic N) is 1. The van der Waals surface area contributed by atoms with Crippen molar-refractivity contribution in [2.75, 3.05) is 46.6 Å². The number of halogens is 1. The Hall–Kier alpha value is -1.06. The number of hydrogen-bond acceptors (Lipinski definition) is 4. The van der Waals surface area contributed by atoms with Gasteiger partial charge in [0.25, 0.3) is 0 Å². The number of ether oxygens (including phenoxy) is 3. The summed E-state index contributed by atoms with van der Waals surface area (Å²) in [6.07, 6.45) is 1.91. The molecule has 1 aromatic carbocycles. The number of methoxy groups -OCH3 is 1. The van der Waals surface area contributed by atoms with Gasteiger partial charge in [-0.25, -0.2) is 4.99 Å². The van der Waals surface area contributed by atoms with Crippen molar-refractivity contribution >= 4 is 29.9 Å². The molecule has 0 aliphatic rings. The van der Waals surface area contributed by atoms with Crippen molar-refractivity contribution in [1.82, 2.24) is 10.6 Å². The quantitative estimate of drug-likeness (QED) is 0.197. The van der Waals surface area contributed by atoms with E-state index in [4.69, 9.17) is 14.2 Å². The molecule has 6 nitrogen and oxygen atoms in total. The van der Waals surface area contributed by atoms with Gasteiger partial charge in [0.05, 0.1) is 13.7 Å². The molecule has 0 saturated heterocycles. The Morgan fingerprint density at radius 2 is 1.46 bits per heavy atom. The van der Waals surface area contributed by atoms with Crippen LogP contribution in [-0.4, -0.2) is 52.6 Å². The fraction of sp³-hybridized carbons (Fsp3) is 0.632. The van der Waals surface area contributed by atoms with Gasteiger partial charge in [0.1, 0.15) is 5.75 Å². The number of hydrogen-bond donors (Lipinski definition) is 2. The number of rotatable bonds is 13. The first-order valence-corrected chi connectivity index (χ1v) is 9.10. The molecule has 2 N–H and O–H groups in total. The maximum Gasteiger partial charge on any atom is 0.191 e. The van der Waals surface area contributed by atoms with Crippen LogP contribution >= 0.6 is 24.0 Å². The first kappa shape index (κ1) is 24.9. The molecule has 0 heterocycles. The third-order valence-electron chi connectivity index (χ3n) is 3.50. The van der Waals surface area contributed by atoms with Gasteiger partial charge >= 0.3 is 0 Å². The highest BCUT2D eigenvalue weighted by molar-refractivity contribution is 14.0. The molecular weight excluding hydrogens is 445 g/mol. The van der Waals surface area contributed by atoms with E-state index in [1.54, 1.807) is 7.11 Å². The minimum Gasteiger partial charge on any atom is -0.497 e. The minimum absolute atomic E-state index is 0. The molecule has 0 bridgehead atoms. The van der Waals surface area contributed by atoms with Crippen molar-refractivity contribution in [3.63, 3.8) is 0 Å². The number of benzene rings is 1. The molecule has 1 aromatic rings. The zero-order chi connectivity index (χ0) is 18.2. The molecule has 0 amide bonds. The standard InChI is InChI=1S/C19H33N3O3.HI/c1-4-24-14-6-12-20-19(21-13-7-15-25-5-2)22-16-17-8-10-18(23-3)11-9-17;/h8-11H,4-7,12-16H2,1-3H3,(H2,20,21,22);1H. The second-order valence-corrected chi connectivity index (χ2v) is 5.47. The van der Waals surface area contributed by atoms with Crippen molar-refractivity contribution in [1.29, 1.82) is 0 Å². The molecule has 0 unspecified atom stereocenters. The highest BCUT2D eigenvalue weighted by Crippen LogP contribution is 2.11. The fourth-order valence-corrected chi connectivity index (χ4v) is 2.13.